The Hall–Kier alpha value is -2.47. The molecular formula is C21H16BrN3O4S3. The Kier molecular flexibility index (Phi) is 7.40. The molecule has 0 aliphatic carbocycles. The largest absolute Gasteiger partial charge is 0.462 e. The number of rotatable bonds is 8. The number of hydrogen-bond donors (Lipinski definition) is 1. The molecule has 4 rings (SSSR count). The van der Waals surface area contributed by atoms with Crippen LogP contribution in [0.4, 0.5) is 5.00 Å². The van der Waals surface area contributed by atoms with Crippen molar-refractivity contribution in [3.05, 3.63) is 57.2 Å². The fraction of sp³-hybridized carbons (Fsp3) is 0.143. The van der Waals surface area contributed by atoms with Gasteiger partial charge in [0.15, 0.2) is 0 Å². The highest BCUT2D eigenvalue weighted by molar-refractivity contribution is 9.10. The van der Waals surface area contributed by atoms with Gasteiger partial charge in [0.05, 0.1) is 12.4 Å². The van der Waals surface area contributed by atoms with E-state index in [1.165, 1.54) is 22.7 Å². The Labute approximate surface area is 204 Å². The third-order valence-corrected chi connectivity index (χ3v) is 7.28. The molecule has 0 spiro atoms. The van der Waals surface area contributed by atoms with Gasteiger partial charge in [-0.15, -0.1) is 32.9 Å². The van der Waals surface area contributed by atoms with Crippen molar-refractivity contribution in [2.45, 2.75) is 12.1 Å². The molecule has 0 saturated heterocycles. The van der Waals surface area contributed by atoms with Crippen LogP contribution in [0.2, 0.25) is 0 Å². The monoisotopic (exact) mass is 549 g/mol. The number of thiophene rings is 2. The van der Waals surface area contributed by atoms with E-state index >= 15 is 0 Å². The molecule has 1 N–H and O–H groups in total. The number of hydrogen-bond acceptors (Lipinski definition) is 9. The van der Waals surface area contributed by atoms with Crippen LogP contribution in [-0.4, -0.2) is 34.4 Å². The number of nitrogens with zero attached hydrogens (tertiary/aromatic N) is 2. The van der Waals surface area contributed by atoms with Crippen molar-refractivity contribution in [2.24, 2.45) is 0 Å². The maximum Gasteiger partial charge on any atom is 0.341 e. The molecule has 3 aromatic heterocycles. The fourth-order valence-electron chi connectivity index (χ4n) is 2.74. The highest BCUT2D eigenvalue weighted by Gasteiger charge is 2.23. The van der Waals surface area contributed by atoms with E-state index in [1.807, 2.05) is 47.2 Å². The van der Waals surface area contributed by atoms with Gasteiger partial charge in [0, 0.05) is 25.9 Å². The van der Waals surface area contributed by atoms with Crippen LogP contribution in [0.1, 0.15) is 17.3 Å². The van der Waals surface area contributed by atoms with Crippen LogP contribution in [0.15, 0.2) is 61.3 Å². The number of halogens is 1. The Bertz CT molecular complexity index is 1220. The molecule has 4 aromatic rings. The molecule has 32 heavy (non-hydrogen) atoms. The summed E-state index contributed by atoms with van der Waals surface area (Å²) in [7, 11) is 0. The first kappa shape index (κ1) is 22.7. The molecule has 0 atom stereocenters. The summed E-state index contributed by atoms with van der Waals surface area (Å²) >= 11 is 7.32. The first-order chi connectivity index (χ1) is 15.5. The summed E-state index contributed by atoms with van der Waals surface area (Å²) in [6, 6.07) is 11.3. The van der Waals surface area contributed by atoms with Crippen LogP contribution in [-0.2, 0) is 9.53 Å². The third-order valence-electron chi connectivity index (χ3n) is 4.13. The van der Waals surface area contributed by atoms with Crippen LogP contribution in [0.25, 0.3) is 21.9 Å². The Balaban J connectivity index is 1.43. The summed E-state index contributed by atoms with van der Waals surface area (Å²) in [5.41, 5.74) is 1.91. The minimum atomic E-state index is -0.462. The van der Waals surface area contributed by atoms with Gasteiger partial charge in [0.25, 0.3) is 5.22 Å². The number of carbonyl (C=O) groups is 2. The number of carbonyl (C=O) groups excluding carboxylic acids is 2. The number of thioether (sulfide) groups is 1. The van der Waals surface area contributed by atoms with E-state index < -0.39 is 5.97 Å². The Morgan fingerprint density at radius 3 is 2.72 bits per heavy atom. The van der Waals surface area contributed by atoms with Gasteiger partial charge in [0.1, 0.15) is 10.6 Å². The second-order valence-electron chi connectivity index (χ2n) is 6.27. The van der Waals surface area contributed by atoms with Crippen LogP contribution >= 0.6 is 50.4 Å². The van der Waals surface area contributed by atoms with Crippen molar-refractivity contribution in [3.63, 3.8) is 0 Å². The van der Waals surface area contributed by atoms with E-state index in [9.17, 15) is 9.59 Å². The maximum atomic E-state index is 12.6. The predicted molar refractivity (Wildman–Crippen MR) is 130 cm³/mol. The van der Waals surface area contributed by atoms with Gasteiger partial charge in [0.2, 0.25) is 11.8 Å². The standard InChI is InChI=1S/C21H16BrN3O4S3/c1-2-28-20(27)17-14(15-4-3-9-30-15)10-31-19(17)23-16(26)11-32-21-25-24-18(29-21)12-5-7-13(22)8-6-12/h3-10H,2,11H2,1H3,(H,23,26). The third kappa shape index (κ3) is 5.29. The molecule has 0 radical (unpaired) electrons. The van der Waals surface area contributed by atoms with E-state index in [4.69, 9.17) is 9.15 Å². The van der Waals surface area contributed by atoms with Gasteiger partial charge in [-0.25, -0.2) is 4.79 Å². The zero-order valence-corrected chi connectivity index (χ0v) is 20.7. The normalized spacial score (nSPS) is 10.8. The van der Waals surface area contributed by atoms with E-state index in [0.717, 1.165) is 32.2 Å². The quantitative estimate of drug-likeness (QED) is 0.206. The number of ether oxygens (including phenoxy) is 1. The molecule has 164 valence electrons. The average Bonchev–Trinajstić information content (AvgIpc) is 3.53. The van der Waals surface area contributed by atoms with Crippen LogP contribution in [0.5, 0.6) is 0 Å². The number of nitrogens with one attached hydrogen (secondary N) is 1. The second kappa shape index (κ2) is 10.4. The van der Waals surface area contributed by atoms with Gasteiger partial charge in [-0.05, 0) is 42.6 Å². The lowest BCUT2D eigenvalue weighted by Gasteiger charge is -2.07. The number of esters is 1. The van der Waals surface area contributed by atoms with Gasteiger partial charge < -0.3 is 14.5 Å². The first-order valence-corrected chi connectivity index (χ1v) is 12.9. The molecule has 0 unspecified atom stereocenters. The van der Waals surface area contributed by atoms with Crippen molar-refractivity contribution >= 4 is 67.2 Å². The predicted octanol–water partition coefficient (Wildman–Crippen LogP) is 6.20. The van der Waals surface area contributed by atoms with Gasteiger partial charge in [-0.2, -0.15) is 0 Å². The molecule has 0 fully saturated rings. The Morgan fingerprint density at radius 2 is 2.00 bits per heavy atom. The van der Waals surface area contributed by atoms with E-state index in [-0.39, 0.29) is 23.5 Å². The van der Waals surface area contributed by atoms with Crippen molar-refractivity contribution < 1.29 is 18.7 Å². The van der Waals surface area contributed by atoms with E-state index in [2.05, 4.69) is 31.4 Å². The summed E-state index contributed by atoms with van der Waals surface area (Å²) in [6.45, 7) is 2.00. The highest BCUT2D eigenvalue weighted by Crippen LogP contribution is 2.38. The van der Waals surface area contributed by atoms with Gasteiger partial charge >= 0.3 is 5.97 Å². The number of benzene rings is 1. The summed E-state index contributed by atoms with van der Waals surface area (Å²) in [6.07, 6.45) is 0. The molecule has 11 heteroatoms. The summed E-state index contributed by atoms with van der Waals surface area (Å²) < 4.78 is 11.8. The maximum absolute atomic E-state index is 12.6. The summed E-state index contributed by atoms with van der Waals surface area (Å²) in [4.78, 5) is 26.1. The SMILES string of the molecule is CCOC(=O)c1c(-c2cccs2)csc1NC(=O)CSc1nnc(-c2ccc(Br)cc2)o1. The highest BCUT2D eigenvalue weighted by atomic mass is 79.9. The van der Waals surface area contributed by atoms with Crippen molar-refractivity contribution in [3.8, 4) is 21.9 Å². The summed E-state index contributed by atoms with van der Waals surface area (Å²) in [5, 5.41) is 15.4. The van der Waals surface area contributed by atoms with Crippen molar-refractivity contribution in [1.29, 1.82) is 0 Å². The van der Waals surface area contributed by atoms with Gasteiger partial charge in [-0.1, -0.05) is 33.8 Å². The Morgan fingerprint density at radius 1 is 1.19 bits per heavy atom. The lowest BCUT2D eigenvalue weighted by molar-refractivity contribution is -0.113. The van der Waals surface area contributed by atoms with E-state index in [0.29, 0.717) is 16.5 Å². The molecule has 0 bridgehead atoms. The van der Waals surface area contributed by atoms with Crippen molar-refractivity contribution in [2.75, 3.05) is 17.7 Å². The number of amides is 1. The lowest BCUT2D eigenvalue weighted by Crippen LogP contribution is -2.16. The minimum Gasteiger partial charge on any atom is -0.462 e. The van der Waals surface area contributed by atoms with E-state index in [1.54, 1.807) is 6.92 Å². The van der Waals surface area contributed by atoms with Crippen LogP contribution in [0, 0.1) is 0 Å². The summed E-state index contributed by atoms with van der Waals surface area (Å²) in [5.74, 6) is -0.320. The second-order valence-corrected chi connectivity index (χ2v) is 9.94. The van der Waals surface area contributed by atoms with Gasteiger partial charge in [-0.3, -0.25) is 4.79 Å². The molecule has 0 aliphatic heterocycles. The minimum absolute atomic E-state index is 0.0521. The smallest absolute Gasteiger partial charge is 0.341 e. The topological polar surface area (TPSA) is 94.3 Å². The molecule has 0 aliphatic rings. The fourth-order valence-corrected chi connectivity index (χ4v) is 5.35. The van der Waals surface area contributed by atoms with Crippen LogP contribution in [0.3, 0.4) is 0 Å². The zero-order valence-electron chi connectivity index (χ0n) is 16.7. The zero-order chi connectivity index (χ0) is 22.5. The molecule has 0 saturated carbocycles. The molecule has 1 amide bonds. The number of anilines is 1. The average molecular weight is 550 g/mol. The van der Waals surface area contributed by atoms with Crippen molar-refractivity contribution in [1.82, 2.24) is 10.2 Å². The first-order valence-electron chi connectivity index (χ1n) is 9.39. The molecular weight excluding hydrogens is 534 g/mol. The molecule has 1 aromatic carbocycles. The number of aromatic nitrogens is 2. The lowest BCUT2D eigenvalue weighted by atomic mass is 10.1. The molecule has 3 heterocycles. The van der Waals surface area contributed by atoms with Crippen LogP contribution < -0.4 is 5.32 Å². The molecule has 7 nitrogen and oxygen atoms in total.